The molecule has 1 heterocycles. The molecule has 0 spiro atoms. The lowest BCUT2D eigenvalue weighted by Gasteiger charge is -2.21. The summed E-state index contributed by atoms with van der Waals surface area (Å²) in [6.07, 6.45) is 4.54. The van der Waals surface area contributed by atoms with Gasteiger partial charge in [-0.15, -0.1) is 0 Å². The van der Waals surface area contributed by atoms with Crippen molar-refractivity contribution in [2.24, 2.45) is 0 Å². The van der Waals surface area contributed by atoms with Crippen molar-refractivity contribution in [2.75, 3.05) is 11.9 Å². The van der Waals surface area contributed by atoms with Gasteiger partial charge in [-0.05, 0) is 43.0 Å². The predicted octanol–water partition coefficient (Wildman–Crippen LogP) is 3.28. The molecule has 1 aliphatic rings. The smallest absolute Gasteiger partial charge is 0.0562 e. The lowest BCUT2D eigenvalue weighted by molar-refractivity contribution is 0.674. The van der Waals surface area contributed by atoms with Crippen LogP contribution in [0.3, 0.4) is 0 Å². The third kappa shape index (κ3) is 3.82. The summed E-state index contributed by atoms with van der Waals surface area (Å²) in [5, 5.41) is 3.52. The van der Waals surface area contributed by atoms with Crippen LogP contribution in [-0.4, -0.2) is 18.1 Å². The molecule has 0 aliphatic heterocycles. The van der Waals surface area contributed by atoms with Gasteiger partial charge in [0.1, 0.15) is 0 Å². The number of hydrogen-bond donors (Lipinski definition) is 1. The molecule has 1 aliphatic carbocycles. The van der Waals surface area contributed by atoms with Crippen molar-refractivity contribution in [3.05, 3.63) is 59.4 Å². The number of aromatic nitrogens is 1. The maximum atomic E-state index is 4.46. The van der Waals surface area contributed by atoms with Gasteiger partial charge < -0.3 is 10.2 Å². The molecule has 1 aromatic heterocycles. The van der Waals surface area contributed by atoms with Gasteiger partial charge in [0.25, 0.3) is 0 Å². The van der Waals surface area contributed by atoms with E-state index in [1.807, 2.05) is 6.20 Å². The van der Waals surface area contributed by atoms with E-state index in [1.165, 1.54) is 29.7 Å². The molecule has 3 rings (SSSR count). The number of pyridine rings is 1. The van der Waals surface area contributed by atoms with Crippen LogP contribution in [0.5, 0.6) is 0 Å². The zero-order valence-corrected chi connectivity index (χ0v) is 12.8. The predicted molar refractivity (Wildman–Crippen MR) is 87.4 cm³/mol. The summed E-state index contributed by atoms with van der Waals surface area (Å²) in [5.74, 6) is 0. The number of aryl methyl sites for hydroxylation is 1. The molecule has 1 saturated carbocycles. The average molecular weight is 281 g/mol. The standard InChI is InChI=1S/C18H23N3/c1-14-5-3-4-6-15(14)13-21(2)18-9-10-19-17(11-18)12-20-16-7-8-16/h3-6,9-11,16,20H,7-8,12-13H2,1-2H3. The van der Waals surface area contributed by atoms with E-state index in [-0.39, 0.29) is 0 Å². The Balaban J connectivity index is 1.67. The fourth-order valence-electron chi connectivity index (χ4n) is 2.47. The van der Waals surface area contributed by atoms with Crippen LogP contribution in [0, 0.1) is 6.92 Å². The van der Waals surface area contributed by atoms with Crippen molar-refractivity contribution >= 4 is 5.69 Å². The largest absolute Gasteiger partial charge is 0.370 e. The van der Waals surface area contributed by atoms with Gasteiger partial charge in [-0.2, -0.15) is 0 Å². The first-order chi connectivity index (χ1) is 10.2. The third-order valence-electron chi connectivity index (χ3n) is 4.06. The van der Waals surface area contributed by atoms with E-state index in [0.717, 1.165) is 24.8 Å². The minimum absolute atomic E-state index is 0.722. The molecule has 3 nitrogen and oxygen atoms in total. The molecule has 1 aromatic carbocycles. The summed E-state index contributed by atoms with van der Waals surface area (Å²) < 4.78 is 0. The Bertz CT molecular complexity index is 605. The number of benzene rings is 1. The number of rotatable bonds is 6. The SMILES string of the molecule is Cc1ccccc1CN(C)c1ccnc(CNC2CC2)c1. The Kier molecular flexibility index (Phi) is 4.20. The lowest BCUT2D eigenvalue weighted by Crippen LogP contribution is -2.19. The van der Waals surface area contributed by atoms with E-state index in [4.69, 9.17) is 0 Å². The highest BCUT2D eigenvalue weighted by Gasteiger charge is 2.20. The van der Waals surface area contributed by atoms with Crippen LogP contribution in [0.25, 0.3) is 0 Å². The second-order valence-electron chi connectivity index (χ2n) is 5.94. The molecule has 0 radical (unpaired) electrons. The Morgan fingerprint density at radius 2 is 2.05 bits per heavy atom. The average Bonchev–Trinajstić information content (AvgIpc) is 3.32. The maximum Gasteiger partial charge on any atom is 0.0562 e. The normalized spacial score (nSPS) is 14.2. The van der Waals surface area contributed by atoms with E-state index in [2.05, 4.69) is 65.6 Å². The minimum atomic E-state index is 0.722. The van der Waals surface area contributed by atoms with Crippen molar-refractivity contribution < 1.29 is 0 Å². The van der Waals surface area contributed by atoms with Crippen LogP contribution in [-0.2, 0) is 13.1 Å². The van der Waals surface area contributed by atoms with Crippen LogP contribution in [0.4, 0.5) is 5.69 Å². The minimum Gasteiger partial charge on any atom is -0.370 e. The molecule has 0 unspecified atom stereocenters. The van der Waals surface area contributed by atoms with E-state index in [9.17, 15) is 0 Å². The molecule has 1 fully saturated rings. The number of nitrogens with one attached hydrogen (secondary N) is 1. The highest BCUT2D eigenvalue weighted by molar-refractivity contribution is 5.47. The molecule has 0 saturated heterocycles. The van der Waals surface area contributed by atoms with Gasteiger partial charge in [-0.3, -0.25) is 4.98 Å². The Morgan fingerprint density at radius 3 is 2.81 bits per heavy atom. The Morgan fingerprint density at radius 1 is 1.24 bits per heavy atom. The Labute approximate surface area is 127 Å². The summed E-state index contributed by atoms with van der Waals surface area (Å²) in [5.41, 5.74) is 5.06. The summed E-state index contributed by atoms with van der Waals surface area (Å²) in [6, 6.07) is 13.6. The molecule has 1 N–H and O–H groups in total. The first kappa shape index (κ1) is 14.1. The van der Waals surface area contributed by atoms with Crippen molar-refractivity contribution in [1.82, 2.24) is 10.3 Å². The van der Waals surface area contributed by atoms with Gasteiger partial charge in [-0.1, -0.05) is 24.3 Å². The van der Waals surface area contributed by atoms with Crippen molar-refractivity contribution in [2.45, 2.75) is 38.9 Å². The molecule has 0 atom stereocenters. The molecular formula is C18H23N3. The molecule has 21 heavy (non-hydrogen) atoms. The van der Waals surface area contributed by atoms with Crippen LogP contribution >= 0.6 is 0 Å². The first-order valence-electron chi connectivity index (χ1n) is 7.66. The molecule has 0 bridgehead atoms. The summed E-state index contributed by atoms with van der Waals surface area (Å²) in [6.45, 7) is 3.96. The highest BCUT2D eigenvalue weighted by atomic mass is 15.1. The molecular weight excluding hydrogens is 258 g/mol. The highest BCUT2D eigenvalue weighted by Crippen LogP contribution is 2.20. The van der Waals surface area contributed by atoms with Crippen molar-refractivity contribution in [3.8, 4) is 0 Å². The van der Waals surface area contributed by atoms with Crippen LogP contribution in [0.1, 0.15) is 29.7 Å². The van der Waals surface area contributed by atoms with Crippen LogP contribution in [0.2, 0.25) is 0 Å². The van der Waals surface area contributed by atoms with Gasteiger partial charge in [0.05, 0.1) is 5.69 Å². The first-order valence-corrected chi connectivity index (χ1v) is 7.66. The zero-order chi connectivity index (χ0) is 14.7. The van der Waals surface area contributed by atoms with Crippen LogP contribution < -0.4 is 10.2 Å². The molecule has 2 aromatic rings. The maximum absolute atomic E-state index is 4.46. The Hall–Kier alpha value is -1.87. The zero-order valence-electron chi connectivity index (χ0n) is 12.8. The van der Waals surface area contributed by atoms with Crippen LogP contribution in [0.15, 0.2) is 42.6 Å². The number of hydrogen-bond acceptors (Lipinski definition) is 3. The van der Waals surface area contributed by atoms with Gasteiger partial charge in [0.2, 0.25) is 0 Å². The fraction of sp³-hybridized carbons (Fsp3) is 0.389. The molecule has 0 amide bonds. The van der Waals surface area contributed by atoms with Gasteiger partial charge in [0, 0.05) is 38.1 Å². The second-order valence-corrected chi connectivity index (χ2v) is 5.94. The quantitative estimate of drug-likeness (QED) is 0.880. The van der Waals surface area contributed by atoms with Gasteiger partial charge in [-0.25, -0.2) is 0 Å². The van der Waals surface area contributed by atoms with E-state index >= 15 is 0 Å². The summed E-state index contributed by atoms with van der Waals surface area (Å²) in [7, 11) is 2.14. The van der Waals surface area contributed by atoms with Crippen molar-refractivity contribution in [3.63, 3.8) is 0 Å². The topological polar surface area (TPSA) is 28.2 Å². The second kappa shape index (κ2) is 6.27. The molecule has 110 valence electrons. The van der Waals surface area contributed by atoms with E-state index in [1.54, 1.807) is 0 Å². The van der Waals surface area contributed by atoms with Gasteiger partial charge in [0.15, 0.2) is 0 Å². The summed E-state index contributed by atoms with van der Waals surface area (Å²) >= 11 is 0. The fourth-order valence-corrected chi connectivity index (χ4v) is 2.47. The van der Waals surface area contributed by atoms with Crippen molar-refractivity contribution in [1.29, 1.82) is 0 Å². The lowest BCUT2D eigenvalue weighted by atomic mass is 10.1. The molecule has 3 heteroatoms. The summed E-state index contributed by atoms with van der Waals surface area (Å²) in [4.78, 5) is 6.74. The van der Waals surface area contributed by atoms with E-state index < -0.39 is 0 Å². The number of anilines is 1. The number of nitrogens with zero attached hydrogens (tertiary/aromatic N) is 2. The monoisotopic (exact) mass is 281 g/mol. The van der Waals surface area contributed by atoms with E-state index in [0.29, 0.717) is 0 Å². The third-order valence-corrected chi connectivity index (χ3v) is 4.06. The van der Waals surface area contributed by atoms with Gasteiger partial charge >= 0.3 is 0 Å².